The Morgan fingerprint density at radius 3 is 0.765 bits per heavy atom. The molecule has 0 aromatic heterocycles. The highest BCUT2D eigenvalue weighted by atomic mass is 16.6. The molecule has 0 N–H and O–H groups in total. The molecule has 6 heteroatoms. The lowest BCUT2D eigenvalue weighted by atomic mass is 10.0. The number of carbonyl (C=O) groups is 3. The average molecular weight is 1130 g/mol. The van der Waals surface area contributed by atoms with E-state index in [9.17, 15) is 14.4 Å². The highest BCUT2D eigenvalue weighted by Crippen LogP contribution is 2.18. The highest BCUT2D eigenvalue weighted by Gasteiger charge is 2.19. The second-order valence-electron chi connectivity index (χ2n) is 23.8. The summed E-state index contributed by atoms with van der Waals surface area (Å²) < 4.78 is 17.0. The summed E-state index contributed by atoms with van der Waals surface area (Å²) in [6, 6.07) is 0. The third kappa shape index (κ3) is 67.5. The molecule has 0 amide bonds. The molecule has 0 aromatic rings. The van der Waals surface area contributed by atoms with Gasteiger partial charge in [0.25, 0.3) is 0 Å². The van der Waals surface area contributed by atoms with Crippen LogP contribution in [0.2, 0.25) is 0 Å². The van der Waals surface area contributed by atoms with Gasteiger partial charge < -0.3 is 14.2 Å². The summed E-state index contributed by atoms with van der Waals surface area (Å²) in [6.45, 7) is 6.57. The molecule has 0 aliphatic heterocycles. The number of hydrogen-bond acceptors (Lipinski definition) is 6. The Hall–Kier alpha value is -3.15. The van der Waals surface area contributed by atoms with Crippen molar-refractivity contribution in [2.45, 2.75) is 374 Å². The molecular formula is C75H134O6. The van der Waals surface area contributed by atoms with Gasteiger partial charge in [-0.2, -0.15) is 0 Å². The van der Waals surface area contributed by atoms with E-state index in [4.69, 9.17) is 14.2 Å². The van der Waals surface area contributed by atoms with E-state index < -0.39 is 6.10 Å². The maximum atomic E-state index is 13.0. The van der Waals surface area contributed by atoms with E-state index in [1.165, 1.54) is 231 Å². The van der Waals surface area contributed by atoms with Crippen LogP contribution < -0.4 is 0 Å². The first-order chi connectivity index (χ1) is 40.0. The zero-order chi connectivity index (χ0) is 58.5. The molecule has 0 aromatic carbocycles. The highest BCUT2D eigenvalue weighted by molar-refractivity contribution is 5.71. The lowest BCUT2D eigenvalue weighted by molar-refractivity contribution is -0.167. The topological polar surface area (TPSA) is 78.9 Å². The van der Waals surface area contributed by atoms with Crippen LogP contribution in [0.4, 0.5) is 0 Å². The van der Waals surface area contributed by atoms with Crippen molar-refractivity contribution >= 4 is 17.9 Å². The summed E-state index contributed by atoms with van der Waals surface area (Å²) in [4.78, 5) is 38.4. The van der Waals surface area contributed by atoms with E-state index in [2.05, 4.69) is 93.7 Å². The molecule has 81 heavy (non-hydrogen) atoms. The lowest BCUT2D eigenvalue weighted by Gasteiger charge is -2.18. The normalized spacial score (nSPS) is 12.5. The standard InChI is InChI=1S/C75H134O6/c1-4-7-10-13-16-19-22-25-28-30-32-34-36-37-38-39-40-42-43-45-47-50-53-56-59-62-65-68-74(77)80-71-72(70-79-73(76)67-64-61-58-55-52-49-27-24-21-18-15-12-9-6-3)81-75(78)69-66-63-60-57-54-51-48-46-44-41-35-33-31-29-26-23-20-17-14-11-8-5-2/h7,10,16,19,24-25,27-28,32,34,37-38,72H,4-6,8-9,11-15,17-18,20-23,26,29-31,33,35-36,39-71H2,1-3H3/b10-7-,19-16-,27-24-,28-25-,34-32-,38-37-. The summed E-state index contributed by atoms with van der Waals surface area (Å²) in [5.74, 6) is -0.864. The Bertz CT molecular complexity index is 1490. The third-order valence-electron chi connectivity index (χ3n) is 15.7. The molecule has 0 heterocycles. The Balaban J connectivity index is 4.28. The van der Waals surface area contributed by atoms with Gasteiger partial charge in [-0.3, -0.25) is 14.4 Å². The van der Waals surface area contributed by atoms with E-state index in [0.29, 0.717) is 19.3 Å². The fraction of sp³-hybridized carbons (Fsp3) is 0.800. The third-order valence-corrected chi connectivity index (χ3v) is 15.7. The molecule has 0 radical (unpaired) electrons. The van der Waals surface area contributed by atoms with Crippen LogP contribution in [-0.4, -0.2) is 37.2 Å². The van der Waals surface area contributed by atoms with Crippen LogP contribution in [0, 0.1) is 0 Å². The maximum absolute atomic E-state index is 13.0. The van der Waals surface area contributed by atoms with E-state index in [1.807, 2.05) is 0 Å². The minimum absolute atomic E-state index is 0.0755. The zero-order valence-electron chi connectivity index (χ0n) is 54.1. The van der Waals surface area contributed by atoms with Gasteiger partial charge in [0.1, 0.15) is 13.2 Å². The fourth-order valence-electron chi connectivity index (χ4n) is 10.4. The van der Waals surface area contributed by atoms with Crippen LogP contribution in [0.25, 0.3) is 0 Å². The largest absolute Gasteiger partial charge is 0.462 e. The van der Waals surface area contributed by atoms with Crippen LogP contribution in [-0.2, 0) is 28.6 Å². The predicted molar refractivity (Wildman–Crippen MR) is 353 cm³/mol. The van der Waals surface area contributed by atoms with Gasteiger partial charge in [0.2, 0.25) is 0 Å². The molecule has 0 aliphatic carbocycles. The molecule has 0 saturated heterocycles. The van der Waals surface area contributed by atoms with Gasteiger partial charge in [-0.05, 0) is 89.9 Å². The van der Waals surface area contributed by atoms with Crippen molar-refractivity contribution in [3.63, 3.8) is 0 Å². The first-order valence-corrected chi connectivity index (χ1v) is 35.4. The molecule has 1 unspecified atom stereocenters. The summed E-state index contributed by atoms with van der Waals surface area (Å²) >= 11 is 0. The van der Waals surface area contributed by atoms with Crippen LogP contribution in [0.3, 0.4) is 0 Å². The van der Waals surface area contributed by atoms with Crippen LogP contribution >= 0.6 is 0 Å². The number of ether oxygens (including phenoxy) is 3. The molecule has 0 saturated carbocycles. The van der Waals surface area contributed by atoms with Gasteiger partial charge in [0.15, 0.2) is 6.10 Å². The number of carbonyl (C=O) groups excluding carboxylic acids is 3. The molecular weight excluding hydrogens is 997 g/mol. The molecule has 1 atom stereocenters. The van der Waals surface area contributed by atoms with Crippen LogP contribution in [0.1, 0.15) is 367 Å². The Morgan fingerprint density at radius 1 is 0.259 bits per heavy atom. The number of allylic oxidation sites excluding steroid dienone is 12. The number of hydrogen-bond donors (Lipinski definition) is 0. The second-order valence-corrected chi connectivity index (χ2v) is 23.8. The number of esters is 3. The Morgan fingerprint density at radius 2 is 0.481 bits per heavy atom. The molecule has 6 nitrogen and oxygen atoms in total. The van der Waals surface area contributed by atoms with Gasteiger partial charge in [-0.1, -0.05) is 331 Å². The monoisotopic (exact) mass is 1130 g/mol. The summed E-state index contributed by atoms with van der Waals surface area (Å²) in [5.41, 5.74) is 0. The van der Waals surface area contributed by atoms with Crippen LogP contribution in [0.15, 0.2) is 72.9 Å². The predicted octanol–water partition coefficient (Wildman–Crippen LogP) is 24.4. The second kappa shape index (κ2) is 69.3. The van der Waals surface area contributed by atoms with Gasteiger partial charge in [0.05, 0.1) is 0 Å². The molecule has 0 spiro atoms. The van der Waals surface area contributed by atoms with Crippen LogP contribution in [0.5, 0.6) is 0 Å². The minimum atomic E-state index is -0.779. The molecule has 0 aliphatic rings. The van der Waals surface area contributed by atoms with Crippen molar-refractivity contribution in [3.8, 4) is 0 Å². The summed E-state index contributed by atoms with van der Waals surface area (Å²) in [5, 5.41) is 0. The summed E-state index contributed by atoms with van der Waals surface area (Å²) in [7, 11) is 0. The molecule has 0 rings (SSSR count). The molecule has 470 valence electrons. The Kier molecular flexibility index (Phi) is 66.6. The molecule has 0 fully saturated rings. The van der Waals surface area contributed by atoms with Gasteiger partial charge in [-0.25, -0.2) is 0 Å². The van der Waals surface area contributed by atoms with Crippen molar-refractivity contribution in [2.24, 2.45) is 0 Å². The average Bonchev–Trinajstić information content (AvgIpc) is 3.47. The first kappa shape index (κ1) is 77.9. The summed E-state index contributed by atoms with van der Waals surface area (Å²) in [6.07, 6.45) is 90.7. The zero-order valence-corrected chi connectivity index (χ0v) is 54.1. The van der Waals surface area contributed by atoms with Gasteiger partial charge in [-0.15, -0.1) is 0 Å². The van der Waals surface area contributed by atoms with Crippen molar-refractivity contribution in [1.29, 1.82) is 0 Å². The smallest absolute Gasteiger partial charge is 0.306 e. The van der Waals surface area contributed by atoms with Crippen molar-refractivity contribution in [1.82, 2.24) is 0 Å². The lowest BCUT2D eigenvalue weighted by Crippen LogP contribution is -2.30. The van der Waals surface area contributed by atoms with E-state index in [0.717, 1.165) is 96.3 Å². The SMILES string of the molecule is CC/C=C\C/C=C\C/C=C\C/C=C\C/C=C\CCCCCCCCCCCCCC(=O)OCC(COC(=O)CCCCCCC/C=C\CCCCCCC)OC(=O)CCCCCCCCCCCCCCCCCCCCCCCC. The minimum Gasteiger partial charge on any atom is -0.462 e. The van der Waals surface area contributed by atoms with E-state index in [1.54, 1.807) is 0 Å². The van der Waals surface area contributed by atoms with Crippen molar-refractivity contribution in [2.75, 3.05) is 13.2 Å². The maximum Gasteiger partial charge on any atom is 0.306 e. The van der Waals surface area contributed by atoms with E-state index >= 15 is 0 Å². The van der Waals surface area contributed by atoms with Crippen molar-refractivity contribution in [3.05, 3.63) is 72.9 Å². The van der Waals surface area contributed by atoms with Gasteiger partial charge in [0, 0.05) is 19.3 Å². The quantitative estimate of drug-likeness (QED) is 0.0261. The van der Waals surface area contributed by atoms with Gasteiger partial charge >= 0.3 is 17.9 Å². The number of unbranched alkanes of at least 4 members (excludes halogenated alkanes) is 42. The number of rotatable bonds is 65. The fourth-order valence-corrected chi connectivity index (χ4v) is 10.4. The Labute approximate surface area is 503 Å². The first-order valence-electron chi connectivity index (χ1n) is 35.4. The van der Waals surface area contributed by atoms with Crippen molar-refractivity contribution < 1.29 is 28.6 Å². The molecule has 0 bridgehead atoms. The van der Waals surface area contributed by atoms with E-state index in [-0.39, 0.29) is 31.1 Å².